The van der Waals surface area contributed by atoms with Crippen molar-refractivity contribution in [3.8, 4) is 0 Å². The summed E-state index contributed by atoms with van der Waals surface area (Å²) >= 11 is 0. The average molecular weight is 277 g/mol. The van der Waals surface area contributed by atoms with Crippen LogP contribution in [-0.2, 0) is 0 Å². The van der Waals surface area contributed by atoms with Gasteiger partial charge in [-0.3, -0.25) is 0 Å². The topological polar surface area (TPSA) is 40.5 Å². The molecule has 1 N–H and O–H groups in total. The molecule has 1 aliphatic heterocycles. The molecule has 4 fully saturated rings. The Morgan fingerprint density at radius 2 is 1.60 bits per heavy atom. The third-order valence-corrected chi connectivity index (χ3v) is 6.88. The molecule has 20 heavy (non-hydrogen) atoms. The van der Waals surface area contributed by atoms with Gasteiger partial charge in [-0.1, -0.05) is 38.5 Å². The lowest BCUT2D eigenvalue weighted by Crippen LogP contribution is -2.63. The minimum atomic E-state index is -0.721. The summed E-state index contributed by atoms with van der Waals surface area (Å²) in [6.07, 6.45) is 12.3. The zero-order valence-electron chi connectivity index (χ0n) is 12.4. The molecule has 1 amide bonds. The van der Waals surface area contributed by atoms with Crippen LogP contribution >= 0.6 is 0 Å². The van der Waals surface area contributed by atoms with E-state index < -0.39 is 6.09 Å². The van der Waals surface area contributed by atoms with Crippen LogP contribution in [0.2, 0.25) is 0 Å². The molecule has 4 aliphatic rings. The second kappa shape index (κ2) is 4.64. The highest BCUT2D eigenvalue weighted by atomic mass is 16.4. The molecule has 3 saturated carbocycles. The van der Waals surface area contributed by atoms with E-state index in [-0.39, 0.29) is 0 Å². The summed E-state index contributed by atoms with van der Waals surface area (Å²) in [7, 11) is 0. The van der Waals surface area contributed by atoms with E-state index in [0.29, 0.717) is 5.41 Å². The van der Waals surface area contributed by atoms with E-state index in [1.807, 2.05) is 0 Å². The number of amides is 1. The zero-order valence-corrected chi connectivity index (χ0v) is 12.4. The molecule has 0 aromatic rings. The maximum Gasteiger partial charge on any atom is 0.407 e. The van der Waals surface area contributed by atoms with Crippen molar-refractivity contribution in [3.63, 3.8) is 0 Å². The number of likely N-dealkylation sites (tertiary alicyclic amines) is 1. The van der Waals surface area contributed by atoms with E-state index in [9.17, 15) is 4.79 Å². The summed E-state index contributed by atoms with van der Waals surface area (Å²) in [5.74, 6) is 4.01. The van der Waals surface area contributed by atoms with Crippen LogP contribution in [0.5, 0.6) is 0 Å². The molecule has 1 spiro atoms. The second-order valence-electron chi connectivity index (χ2n) is 8.19. The van der Waals surface area contributed by atoms with Gasteiger partial charge in [0.1, 0.15) is 0 Å². The van der Waals surface area contributed by atoms with Gasteiger partial charge in [0.25, 0.3) is 0 Å². The van der Waals surface area contributed by atoms with Gasteiger partial charge >= 0.3 is 6.09 Å². The number of carbonyl (C=O) groups is 1. The van der Waals surface area contributed by atoms with Crippen LogP contribution in [0.1, 0.15) is 57.8 Å². The fourth-order valence-electron chi connectivity index (χ4n) is 6.07. The lowest BCUT2D eigenvalue weighted by molar-refractivity contribution is -0.0932. The Labute approximate surface area is 121 Å². The number of nitrogens with zero attached hydrogens (tertiary/aromatic N) is 1. The highest BCUT2D eigenvalue weighted by molar-refractivity contribution is 5.66. The number of hydrogen-bond acceptors (Lipinski definition) is 1. The van der Waals surface area contributed by atoms with E-state index in [0.717, 1.165) is 36.8 Å². The van der Waals surface area contributed by atoms with Crippen LogP contribution in [0, 0.1) is 29.1 Å². The summed E-state index contributed by atoms with van der Waals surface area (Å²) in [4.78, 5) is 12.5. The van der Waals surface area contributed by atoms with Gasteiger partial charge in [-0.15, -0.1) is 0 Å². The van der Waals surface area contributed by atoms with E-state index in [1.54, 1.807) is 4.90 Å². The van der Waals surface area contributed by atoms with Crippen molar-refractivity contribution in [1.82, 2.24) is 4.90 Å². The maximum absolute atomic E-state index is 10.9. The van der Waals surface area contributed by atoms with Crippen LogP contribution in [0.4, 0.5) is 4.79 Å². The number of rotatable bonds is 2. The molecule has 2 bridgehead atoms. The van der Waals surface area contributed by atoms with Crippen molar-refractivity contribution in [2.24, 2.45) is 29.1 Å². The van der Waals surface area contributed by atoms with Crippen LogP contribution in [0.25, 0.3) is 0 Å². The first-order valence-corrected chi connectivity index (χ1v) is 8.63. The van der Waals surface area contributed by atoms with Gasteiger partial charge in [-0.05, 0) is 42.9 Å². The lowest BCUT2D eigenvalue weighted by atomic mass is 9.53. The Morgan fingerprint density at radius 3 is 2.10 bits per heavy atom. The van der Waals surface area contributed by atoms with Gasteiger partial charge in [-0.25, -0.2) is 4.79 Å². The van der Waals surface area contributed by atoms with E-state index in [2.05, 4.69) is 0 Å². The lowest BCUT2D eigenvalue weighted by Gasteiger charge is -2.59. The smallest absolute Gasteiger partial charge is 0.407 e. The number of carboxylic acid groups (broad SMARTS) is 1. The standard InChI is InChI=1S/C17H27NO2/c19-16(20)18-10-17(11-18)8-12(9-17)7-15-13-3-1-4-14(15)6-2-5-13/h12-15H,1-11H2,(H,19,20). The quantitative estimate of drug-likeness (QED) is 0.829. The Morgan fingerprint density at radius 1 is 1.05 bits per heavy atom. The minimum absolute atomic E-state index is 0.410. The molecule has 0 aromatic heterocycles. The van der Waals surface area contributed by atoms with Gasteiger partial charge < -0.3 is 10.0 Å². The maximum atomic E-state index is 10.9. The largest absolute Gasteiger partial charge is 0.465 e. The van der Waals surface area contributed by atoms with E-state index in [1.165, 1.54) is 57.8 Å². The van der Waals surface area contributed by atoms with Crippen molar-refractivity contribution >= 4 is 6.09 Å². The van der Waals surface area contributed by atoms with Crippen molar-refractivity contribution in [2.75, 3.05) is 13.1 Å². The van der Waals surface area contributed by atoms with E-state index >= 15 is 0 Å². The zero-order chi connectivity index (χ0) is 13.7. The highest BCUT2D eigenvalue weighted by Gasteiger charge is 2.54. The molecular formula is C17H27NO2. The minimum Gasteiger partial charge on any atom is -0.465 e. The number of hydrogen-bond donors (Lipinski definition) is 1. The molecule has 0 unspecified atom stereocenters. The summed E-state index contributed by atoms with van der Waals surface area (Å²) in [6.45, 7) is 1.63. The average Bonchev–Trinajstić information content (AvgIpc) is 2.29. The Kier molecular flexibility index (Phi) is 3.01. The third kappa shape index (κ3) is 2.05. The van der Waals surface area contributed by atoms with Crippen LogP contribution < -0.4 is 0 Å². The predicted octanol–water partition coefficient (Wildman–Crippen LogP) is 3.98. The van der Waals surface area contributed by atoms with Gasteiger partial charge in [0.15, 0.2) is 0 Å². The van der Waals surface area contributed by atoms with Crippen molar-refractivity contribution in [2.45, 2.75) is 57.8 Å². The molecule has 3 heteroatoms. The second-order valence-corrected chi connectivity index (χ2v) is 8.19. The molecule has 112 valence electrons. The summed E-state index contributed by atoms with van der Waals surface area (Å²) < 4.78 is 0. The highest BCUT2D eigenvalue weighted by Crippen LogP contribution is 2.56. The van der Waals surface area contributed by atoms with Crippen LogP contribution in [-0.4, -0.2) is 29.2 Å². The monoisotopic (exact) mass is 277 g/mol. The molecule has 4 rings (SSSR count). The van der Waals surface area contributed by atoms with E-state index in [4.69, 9.17) is 5.11 Å². The Balaban J connectivity index is 1.29. The summed E-state index contributed by atoms with van der Waals surface area (Å²) in [5, 5.41) is 8.95. The first-order chi connectivity index (χ1) is 9.65. The Hall–Kier alpha value is -0.730. The Bertz CT molecular complexity index is 372. The molecule has 0 atom stereocenters. The van der Waals surface area contributed by atoms with Gasteiger partial charge in [-0.2, -0.15) is 0 Å². The van der Waals surface area contributed by atoms with Crippen molar-refractivity contribution in [3.05, 3.63) is 0 Å². The van der Waals surface area contributed by atoms with Gasteiger partial charge in [0, 0.05) is 18.5 Å². The predicted molar refractivity (Wildman–Crippen MR) is 77.5 cm³/mol. The summed E-state index contributed by atoms with van der Waals surface area (Å²) in [5.41, 5.74) is 0.410. The van der Waals surface area contributed by atoms with Crippen LogP contribution in [0.15, 0.2) is 0 Å². The van der Waals surface area contributed by atoms with Crippen molar-refractivity contribution in [1.29, 1.82) is 0 Å². The fraction of sp³-hybridized carbons (Fsp3) is 0.941. The third-order valence-electron chi connectivity index (χ3n) is 6.88. The molecule has 1 heterocycles. The van der Waals surface area contributed by atoms with Crippen LogP contribution in [0.3, 0.4) is 0 Å². The molecule has 0 aromatic carbocycles. The molecule has 3 aliphatic carbocycles. The first kappa shape index (κ1) is 13.0. The first-order valence-electron chi connectivity index (χ1n) is 8.63. The fourth-order valence-corrected chi connectivity index (χ4v) is 6.07. The summed E-state index contributed by atoms with van der Waals surface area (Å²) in [6, 6.07) is 0. The molecule has 3 nitrogen and oxygen atoms in total. The molecule has 1 saturated heterocycles. The van der Waals surface area contributed by atoms with Crippen molar-refractivity contribution < 1.29 is 9.90 Å². The normalized spacial score (nSPS) is 39.2. The SMILES string of the molecule is O=C(O)N1CC2(CC(CC3C4CCCC3CCC4)C2)C1. The number of fused-ring (bicyclic) bond motifs is 2. The molecular weight excluding hydrogens is 250 g/mol. The van der Waals surface area contributed by atoms with Gasteiger partial charge in [0.05, 0.1) is 0 Å². The molecule has 0 radical (unpaired) electrons. The van der Waals surface area contributed by atoms with Gasteiger partial charge in [0.2, 0.25) is 0 Å².